The lowest BCUT2D eigenvalue weighted by Crippen LogP contribution is -2.34. The van der Waals surface area contributed by atoms with E-state index in [0.717, 1.165) is 25.7 Å². The van der Waals surface area contributed by atoms with Crippen molar-refractivity contribution in [2.24, 2.45) is 0 Å². The number of aryl methyl sites for hydroxylation is 1. The van der Waals surface area contributed by atoms with Gasteiger partial charge in [-0.05, 0) is 73.2 Å². The van der Waals surface area contributed by atoms with Gasteiger partial charge in [0.15, 0.2) is 0 Å². The van der Waals surface area contributed by atoms with Crippen LogP contribution in [0.4, 0.5) is 0 Å². The van der Waals surface area contributed by atoms with Crippen molar-refractivity contribution in [2.45, 2.75) is 81.6 Å². The predicted octanol–water partition coefficient (Wildman–Crippen LogP) is 6.41. The van der Waals surface area contributed by atoms with Gasteiger partial charge in [-0.1, -0.05) is 44.2 Å². The zero-order valence-electron chi connectivity index (χ0n) is 16.8. The molecular weight excluding hydrogens is 386 g/mol. The molecule has 1 aliphatic carbocycles. The van der Waals surface area contributed by atoms with E-state index in [1.54, 1.807) is 15.6 Å². The van der Waals surface area contributed by atoms with Gasteiger partial charge in [0, 0.05) is 11.4 Å². The van der Waals surface area contributed by atoms with E-state index in [-0.39, 0.29) is 6.04 Å². The summed E-state index contributed by atoms with van der Waals surface area (Å²) in [4.78, 5) is 1.66. The van der Waals surface area contributed by atoms with Gasteiger partial charge in [-0.25, -0.2) is 8.42 Å². The van der Waals surface area contributed by atoms with Crippen LogP contribution in [0.3, 0.4) is 0 Å². The molecular formula is C23H31NO2S2. The standard InChI is InChI=1S/C23H31NO2S2/c1-18-15-17-27-23(18)22-10-6-3-7-16-24(22)28(25,26)21-13-11-20(12-14-21)19-8-4-2-5-9-19/h11-15,17,19,22H,2-10,16H2,1H3/t22-/m1/s1. The van der Waals surface area contributed by atoms with Gasteiger partial charge < -0.3 is 0 Å². The molecule has 2 aliphatic rings. The summed E-state index contributed by atoms with van der Waals surface area (Å²) in [6.45, 7) is 2.72. The second kappa shape index (κ2) is 8.68. The van der Waals surface area contributed by atoms with E-state index < -0.39 is 10.0 Å². The third-order valence-corrected chi connectivity index (χ3v) is 9.51. The molecule has 2 aromatic rings. The van der Waals surface area contributed by atoms with Crippen molar-refractivity contribution in [3.05, 3.63) is 51.7 Å². The minimum absolute atomic E-state index is 0.0227. The van der Waals surface area contributed by atoms with Crippen molar-refractivity contribution in [3.8, 4) is 0 Å². The van der Waals surface area contributed by atoms with Crippen LogP contribution in [0.25, 0.3) is 0 Å². The molecule has 1 aromatic heterocycles. The fourth-order valence-corrected chi connectivity index (χ4v) is 7.65. The van der Waals surface area contributed by atoms with Gasteiger partial charge in [-0.3, -0.25) is 0 Å². The number of hydrogen-bond acceptors (Lipinski definition) is 3. The second-order valence-corrected chi connectivity index (χ2v) is 11.2. The summed E-state index contributed by atoms with van der Waals surface area (Å²) in [5.41, 5.74) is 2.52. The molecule has 1 saturated carbocycles. The third-order valence-electron chi connectivity index (χ3n) is 6.47. The summed E-state index contributed by atoms with van der Waals surface area (Å²) in [7, 11) is -3.48. The molecule has 1 saturated heterocycles. The monoisotopic (exact) mass is 417 g/mol. The molecule has 2 heterocycles. The number of nitrogens with zero attached hydrogens (tertiary/aromatic N) is 1. The van der Waals surface area contributed by atoms with Crippen LogP contribution in [-0.4, -0.2) is 19.3 Å². The first-order valence-electron chi connectivity index (χ1n) is 10.7. The number of rotatable bonds is 4. The highest BCUT2D eigenvalue weighted by atomic mass is 32.2. The van der Waals surface area contributed by atoms with Gasteiger partial charge in [-0.15, -0.1) is 11.3 Å². The van der Waals surface area contributed by atoms with E-state index in [2.05, 4.69) is 30.5 Å². The van der Waals surface area contributed by atoms with E-state index in [1.807, 2.05) is 12.1 Å². The lowest BCUT2D eigenvalue weighted by atomic mass is 9.84. The second-order valence-electron chi connectivity index (χ2n) is 8.35. The van der Waals surface area contributed by atoms with Crippen LogP contribution < -0.4 is 0 Å². The van der Waals surface area contributed by atoms with E-state index in [4.69, 9.17) is 0 Å². The van der Waals surface area contributed by atoms with Gasteiger partial charge in [0.05, 0.1) is 10.9 Å². The minimum Gasteiger partial charge on any atom is -0.207 e. The zero-order valence-corrected chi connectivity index (χ0v) is 18.4. The lowest BCUT2D eigenvalue weighted by Gasteiger charge is -2.29. The summed E-state index contributed by atoms with van der Waals surface area (Å²) in [5, 5.41) is 2.08. The predicted molar refractivity (Wildman–Crippen MR) is 116 cm³/mol. The zero-order chi connectivity index (χ0) is 19.6. The maximum atomic E-state index is 13.6. The highest BCUT2D eigenvalue weighted by Crippen LogP contribution is 2.39. The summed E-state index contributed by atoms with van der Waals surface area (Å²) >= 11 is 1.70. The van der Waals surface area contributed by atoms with Crippen LogP contribution in [0.15, 0.2) is 40.6 Å². The largest absolute Gasteiger partial charge is 0.243 e. The van der Waals surface area contributed by atoms with Gasteiger partial charge in [0.25, 0.3) is 0 Å². The van der Waals surface area contributed by atoms with Gasteiger partial charge in [-0.2, -0.15) is 4.31 Å². The molecule has 1 aliphatic heterocycles. The molecule has 4 rings (SSSR count). The van der Waals surface area contributed by atoms with Crippen LogP contribution in [0, 0.1) is 6.92 Å². The molecule has 0 radical (unpaired) electrons. The molecule has 2 fully saturated rings. The molecule has 0 amide bonds. The van der Waals surface area contributed by atoms with Crippen LogP contribution in [0.2, 0.25) is 0 Å². The average Bonchev–Trinajstić information content (AvgIpc) is 2.99. The van der Waals surface area contributed by atoms with E-state index in [9.17, 15) is 8.42 Å². The number of hydrogen-bond donors (Lipinski definition) is 0. The minimum atomic E-state index is -3.48. The molecule has 0 N–H and O–H groups in total. The Balaban J connectivity index is 1.62. The Kier molecular flexibility index (Phi) is 6.24. The smallest absolute Gasteiger partial charge is 0.207 e. The van der Waals surface area contributed by atoms with Crippen LogP contribution in [0.1, 0.15) is 85.8 Å². The van der Waals surface area contributed by atoms with E-state index >= 15 is 0 Å². The van der Waals surface area contributed by atoms with Crippen molar-refractivity contribution in [1.29, 1.82) is 0 Å². The highest BCUT2D eigenvalue weighted by molar-refractivity contribution is 7.89. The molecule has 5 heteroatoms. The van der Waals surface area contributed by atoms with Gasteiger partial charge in [0.1, 0.15) is 0 Å². The summed E-state index contributed by atoms with van der Waals surface area (Å²) in [6.07, 6.45) is 10.4. The molecule has 0 spiro atoms. The van der Waals surface area contributed by atoms with E-state index in [0.29, 0.717) is 17.4 Å². The van der Waals surface area contributed by atoms with Crippen LogP contribution >= 0.6 is 11.3 Å². The molecule has 3 nitrogen and oxygen atoms in total. The molecule has 0 unspecified atom stereocenters. The topological polar surface area (TPSA) is 37.4 Å². The fourth-order valence-electron chi connectivity index (χ4n) is 4.84. The maximum absolute atomic E-state index is 13.6. The molecule has 1 aromatic carbocycles. The molecule has 1 atom stereocenters. The fraction of sp³-hybridized carbons (Fsp3) is 0.565. The highest BCUT2D eigenvalue weighted by Gasteiger charge is 2.34. The Morgan fingerprint density at radius 1 is 0.893 bits per heavy atom. The van der Waals surface area contributed by atoms with Crippen molar-refractivity contribution >= 4 is 21.4 Å². The quantitative estimate of drug-likeness (QED) is 0.576. The van der Waals surface area contributed by atoms with Crippen molar-refractivity contribution in [1.82, 2.24) is 4.31 Å². The first-order chi connectivity index (χ1) is 13.6. The van der Waals surface area contributed by atoms with E-state index in [1.165, 1.54) is 48.1 Å². The molecule has 0 bridgehead atoms. The third kappa shape index (κ3) is 4.07. The SMILES string of the molecule is Cc1ccsc1[C@H]1CCCCCN1S(=O)(=O)c1ccc(C2CCCCC2)cc1. The number of thiophene rings is 1. The van der Waals surface area contributed by atoms with Crippen molar-refractivity contribution in [2.75, 3.05) is 6.54 Å². The normalized spacial score (nSPS) is 22.8. The Bertz CT molecular complexity index is 880. The van der Waals surface area contributed by atoms with Crippen LogP contribution in [-0.2, 0) is 10.0 Å². The Hall–Kier alpha value is -1.17. The molecule has 28 heavy (non-hydrogen) atoms. The number of sulfonamides is 1. The summed E-state index contributed by atoms with van der Waals surface area (Å²) in [5.74, 6) is 0.602. The summed E-state index contributed by atoms with van der Waals surface area (Å²) in [6, 6.07) is 9.91. The lowest BCUT2D eigenvalue weighted by molar-refractivity contribution is 0.332. The maximum Gasteiger partial charge on any atom is 0.243 e. The first-order valence-corrected chi connectivity index (χ1v) is 13.0. The van der Waals surface area contributed by atoms with Crippen molar-refractivity contribution < 1.29 is 8.42 Å². The van der Waals surface area contributed by atoms with Crippen molar-refractivity contribution in [3.63, 3.8) is 0 Å². The summed E-state index contributed by atoms with van der Waals surface area (Å²) < 4.78 is 28.9. The Morgan fingerprint density at radius 2 is 1.57 bits per heavy atom. The average molecular weight is 418 g/mol. The Morgan fingerprint density at radius 3 is 2.25 bits per heavy atom. The van der Waals surface area contributed by atoms with Crippen LogP contribution in [0.5, 0.6) is 0 Å². The molecule has 152 valence electrons. The van der Waals surface area contributed by atoms with Gasteiger partial charge >= 0.3 is 0 Å². The number of benzene rings is 1. The Labute approximate surface area is 173 Å². The first kappa shape index (κ1) is 20.1. The van der Waals surface area contributed by atoms with Gasteiger partial charge in [0.2, 0.25) is 10.0 Å².